The molecule has 1 unspecified atom stereocenters. The van der Waals surface area contributed by atoms with Crippen LogP contribution < -0.4 is 10.1 Å². The summed E-state index contributed by atoms with van der Waals surface area (Å²) in [4.78, 5) is 11.9. The molecule has 0 radical (unpaired) electrons. The topological polar surface area (TPSA) is 58.6 Å². The number of aliphatic hydroxyl groups excluding tert-OH is 1. The molecule has 2 N–H and O–H groups in total. The van der Waals surface area contributed by atoms with Crippen LogP contribution in [0.2, 0.25) is 0 Å². The fraction of sp³-hybridized carbons (Fsp3) is 0.588. The molecule has 21 heavy (non-hydrogen) atoms. The summed E-state index contributed by atoms with van der Waals surface area (Å²) in [5, 5.41) is 12.5. The van der Waals surface area contributed by atoms with E-state index in [9.17, 15) is 9.90 Å². The third-order valence-electron chi connectivity index (χ3n) is 3.17. The lowest BCUT2D eigenvalue weighted by molar-refractivity contribution is -0.120. The zero-order valence-corrected chi connectivity index (χ0v) is 13.4. The van der Waals surface area contributed by atoms with E-state index in [1.54, 1.807) is 0 Å². The molecule has 0 saturated carbocycles. The van der Waals surface area contributed by atoms with Gasteiger partial charge in [-0.2, -0.15) is 0 Å². The highest BCUT2D eigenvalue weighted by Crippen LogP contribution is 2.15. The number of ether oxygens (including phenoxy) is 1. The van der Waals surface area contributed by atoms with E-state index < -0.39 is 0 Å². The van der Waals surface area contributed by atoms with E-state index in [1.807, 2.05) is 52.0 Å². The molecule has 1 atom stereocenters. The molecule has 118 valence electrons. The van der Waals surface area contributed by atoms with Crippen molar-refractivity contribution in [1.82, 2.24) is 5.32 Å². The zero-order chi connectivity index (χ0) is 15.8. The summed E-state index contributed by atoms with van der Waals surface area (Å²) in [6.45, 7) is 8.37. The molecule has 0 spiro atoms. The van der Waals surface area contributed by atoms with Crippen molar-refractivity contribution in [2.45, 2.75) is 52.7 Å². The van der Waals surface area contributed by atoms with E-state index in [0.717, 1.165) is 11.3 Å². The van der Waals surface area contributed by atoms with Crippen LogP contribution in [-0.2, 0) is 11.2 Å². The molecule has 0 aliphatic rings. The maximum absolute atomic E-state index is 11.9. The van der Waals surface area contributed by atoms with Crippen molar-refractivity contribution in [2.75, 3.05) is 6.54 Å². The fourth-order valence-corrected chi connectivity index (χ4v) is 1.94. The van der Waals surface area contributed by atoms with Crippen molar-refractivity contribution in [3.8, 4) is 5.75 Å². The summed E-state index contributed by atoms with van der Waals surface area (Å²) in [7, 11) is 0. The highest BCUT2D eigenvalue weighted by molar-refractivity contribution is 5.78. The van der Waals surface area contributed by atoms with E-state index in [1.165, 1.54) is 0 Å². The summed E-state index contributed by atoms with van der Waals surface area (Å²) in [6, 6.07) is 7.58. The molecular weight excluding hydrogens is 266 g/mol. The zero-order valence-electron chi connectivity index (χ0n) is 13.4. The summed E-state index contributed by atoms with van der Waals surface area (Å²) in [6.07, 6.45) is 0.659. The number of hydrogen-bond acceptors (Lipinski definition) is 3. The minimum absolute atomic E-state index is 0.0346. The predicted molar refractivity (Wildman–Crippen MR) is 84.4 cm³/mol. The summed E-state index contributed by atoms with van der Waals surface area (Å²) in [5.41, 5.74) is 0.926. The Hall–Kier alpha value is -1.55. The van der Waals surface area contributed by atoms with Crippen LogP contribution in [-0.4, -0.2) is 29.8 Å². The van der Waals surface area contributed by atoms with Crippen LogP contribution in [0.1, 0.15) is 39.7 Å². The lowest BCUT2D eigenvalue weighted by Gasteiger charge is -2.14. The summed E-state index contributed by atoms with van der Waals surface area (Å²) < 4.78 is 5.61. The lowest BCUT2D eigenvalue weighted by Crippen LogP contribution is -2.29. The molecule has 1 aromatic rings. The fourth-order valence-electron chi connectivity index (χ4n) is 1.94. The van der Waals surface area contributed by atoms with Crippen LogP contribution in [0.4, 0.5) is 0 Å². The molecule has 0 aromatic heterocycles. The molecule has 0 heterocycles. The smallest absolute Gasteiger partial charge is 0.224 e. The van der Waals surface area contributed by atoms with Crippen LogP contribution in [0, 0.1) is 5.92 Å². The van der Waals surface area contributed by atoms with Gasteiger partial charge in [0.15, 0.2) is 0 Å². The molecule has 1 amide bonds. The quantitative estimate of drug-likeness (QED) is 0.774. The number of carbonyl (C=O) groups excluding carboxylic acids is 1. The van der Waals surface area contributed by atoms with Gasteiger partial charge in [-0.1, -0.05) is 26.0 Å². The van der Waals surface area contributed by atoms with Gasteiger partial charge in [-0.15, -0.1) is 0 Å². The van der Waals surface area contributed by atoms with Crippen LogP contribution in [0.5, 0.6) is 5.75 Å². The van der Waals surface area contributed by atoms with Crippen LogP contribution in [0.15, 0.2) is 24.3 Å². The Bertz CT molecular complexity index is 443. The van der Waals surface area contributed by atoms with Gasteiger partial charge in [-0.05, 0) is 43.9 Å². The number of benzene rings is 1. The van der Waals surface area contributed by atoms with Gasteiger partial charge in [0.05, 0.1) is 18.6 Å². The minimum Gasteiger partial charge on any atom is -0.491 e. The molecule has 0 aliphatic heterocycles. The number of amides is 1. The maximum atomic E-state index is 11.9. The van der Waals surface area contributed by atoms with Gasteiger partial charge >= 0.3 is 0 Å². The third-order valence-corrected chi connectivity index (χ3v) is 3.17. The van der Waals surface area contributed by atoms with Gasteiger partial charge in [-0.25, -0.2) is 0 Å². The maximum Gasteiger partial charge on any atom is 0.224 e. The summed E-state index contributed by atoms with van der Waals surface area (Å²) in [5.74, 6) is 0.963. The lowest BCUT2D eigenvalue weighted by atomic mass is 10.0. The van der Waals surface area contributed by atoms with Crippen molar-refractivity contribution in [3.63, 3.8) is 0 Å². The molecule has 4 heteroatoms. The number of hydrogen-bond donors (Lipinski definition) is 2. The van der Waals surface area contributed by atoms with Crippen molar-refractivity contribution in [3.05, 3.63) is 29.8 Å². The predicted octanol–water partition coefficient (Wildman–Crippen LogP) is 2.54. The second-order valence-electron chi connectivity index (χ2n) is 5.94. The average Bonchev–Trinajstić information content (AvgIpc) is 2.37. The van der Waals surface area contributed by atoms with E-state index in [0.29, 0.717) is 19.4 Å². The first-order valence-corrected chi connectivity index (χ1v) is 7.59. The number of carbonyl (C=O) groups is 1. The van der Waals surface area contributed by atoms with Crippen molar-refractivity contribution in [1.29, 1.82) is 0 Å². The molecule has 0 bridgehead atoms. The Balaban J connectivity index is 2.40. The van der Waals surface area contributed by atoms with Crippen molar-refractivity contribution in [2.24, 2.45) is 5.92 Å². The monoisotopic (exact) mass is 293 g/mol. The number of nitrogens with one attached hydrogen (secondary N) is 1. The average molecular weight is 293 g/mol. The van der Waals surface area contributed by atoms with Gasteiger partial charge in [0, 0.05) is 6.54 Å². The number of aliphatic hydroxyl groups is 1. The minimum atomic E-state index is -0.368. The van der Waals surface area contributed by atoms with Crippen LogP contribution in [0.3, 0.4) is 0 Å². The van der Waals surface area contributed by atoms with Crippen LogP contribution in [0.25, 0.3) is 0 Å². The highest BCUT2D eigenvalue weighted by atomic mass is 16.5. The highest BCUT2D eigenvalue weighted by Gasteiger charge is 2.10. The molecule has 0 fully saturated rings. The van der Waals surface area contributed by atoms with Crippen molar-refractivity contribution >= 4 is 5.91 Å². The van der Waals surface area contributed by atoms with E-state index >= 15 is 0 Å². The number of rotatable bonds is 8. The standard InChI is InChI=1S/C17H27NO3/c1-12(2)16(19)8-9-18-17(20)11-14-6-5-7-15(10-14)21-13(3)4/h5-7,10,12-13,16,19H,8-9,11H2,1-4H3,(H,18,20). The van der Waals surface area contributed by atoms with Crippen molar-refractivity contribution < 1.29 is 14.6 Å². The van der Waals surface area contributed by atoms with Crippen LogP contribution >= 0.6 is 0 Å². The Morgan fingerprint density at radius 1 is 1.29 bits per heavy atom. The van der Waals surface area contributed by atoms with Gasteiger partial charge in [0.1, 0.15) is 5.75 Å². The second kappa shape index (κ2) is 8.67. The van der Waals surface area contributed by atoms with Gasteiger partial charge in [0.25, 0.3) is 0 Å². The Morgan fingerprint density at radius 2 is 2.00 bits per heavy atom. The summed E-state index contributed by atoms with van der Waals surface area (Å²) >= 11 is 0. The molecule has 0 aliphatic carbocycles. The first kappa shape index (κ1) is 17.5. The Labute approximate surface area is 127 Å². The third kappa shape index (κ3) is 7.14. The molecule has 0 saturated heterocycles. The first-order chi connectivity index (χ1) is 9.88. The van der Waals surface area contributed by atoms with Gasteiger partial charge in [0.2, 0.25) is 5.91 Å². The molecule has 1 aromatic carbocycles. The molecule has 4 nitrogen and oxygen atoms in total. The Kier molecular flexibility index (Phi) is 7.23. The largest absolute Gasteiger partial charge is 0.491 e. The van der Waals surface area contributed by atoms with E-state index in [2.05, 4.69) is 5.32 Å². The Morgan fingerprint density at radius 3 is 2.62 bits per heavy atom. The second-order valence-corrected chi connectivity index (χ2v) is 5.94. The van der Waals surface area contributed by atoms with Gasteiger partial charge in [-0.3, -0.25) is 4.79 Å². The molecule has 1 rings (SSSR count). The first-order valence-electron chi connectivity index (χ1n) is 7.59. The van der Waals surface area contributed by atoms with Gasteiger partial charge < -0.3 is 15.2 Å². The van der Waals surface area contributed by atoms with E-state index in [4.69, 9.17) is 4.74 Å². The SMILES string of the molecule is CC(C)Oc1cccc(CC(=O)NCCC(O)C(C)C)c1. The normalized spacial score (nSPS) is 12.5. The molecular formula is C17H27NO3. The van der Waals surface area contributed by atoms with E-state index in [-0.39, 0.29) is 24.0 Å².